The number of aromatic carboxylic acids is 1. The molecular formula is C30H25Cl2N3O5. The molecule has 3 aromatic carbocycles. The first-order valence-electron chi connectivity index (χ1n) is 12.6. The number of carbonyl (C=O) groups excluding carboxylic acids is 2. The first-order chi connectivity index (χ1) is 18.9. The zero-order chi connectivity index (χ0) is 28.6. The number of carbonyl (C=O) groups is 3. The summed E-state index contributed by atoms with van der Waals surface area (Å²) in [5.41, 5.74) is -1.48. The summed E-state index contributed by atoms with van der Waals surface area (Å²) in [7, 11) is 0. The molecule has 2 saturated heterocycles. The number of carboxylic acid groups (broad SMARTS) is 1. The molecule has 204 valence electrons. The van der Waals surface area contributed by atoms with Crippen LogP contribution in [-0.2, 0) is 27.3 Å². The smallest absolute Gasteiger partial charge is 0.352 e. The van der Waals surface area contributed by atoms with Gasteiger partial charge in [-0.25, -0.2) is 4.79 Å². The number of ether oxygens (including phenoxy) is 1. The second-order valence-corrected chi connectivity index (χ2v) is 11.9. The summed E-state index contributed by atoms with van der Waals surface area (Å²) in [6.07, 6.45) is 0. The van der Waals surface area contributed by atoms with Crippen LogP contribution in [-0.4, -0.2) is 38.3 Å². The van der Waals surface area contributed by atoms with E-state index < -0.39 is 28.5 Å². The lowest BCUT2D eigenvalue weighted by Crippen LogP contribution is -2.53. The lowest BCUT2D eigenvalue weighted by molar-refractivity contribution is -0.134. The fraction of sp³-hybridized carbons (Fsp3) is 0.233. The van der Waals surface area contributed by atoms with Crippen molar-refractivity contribution in [2.45, 2.75) is 44.0 Å². The van der Waals surface area contributed by atoms with Gasteiger partial charge in [0.2, 0.25) is 0 Å². The van der Waals surface area contributed by atoms with Crippen molar-refractivity contribution < 1.29 is 24.2 Å². The molecule has 10 heteroatoms. The number of nitrogens with one attached hydrogen (secondary N) is 2. The van der Waals surface area contributed by atoms with Crippen LogP contribution in [0.5, 0.6) is 5.75 Å². The lowest BCUT2D eigenvalue weighted by Gasteiger charge is -2.29. The Kier molecular flexibility index (Phi) is 5.73. The van der Waals surface area contributed by atoms with Crippen molar-refractivity contribution in [2.75, 3.05) is 0 Å². The minimum Gasteiger partial charge on any atom is -0.489 e. The Hall–Kier alpha value is -4.01. The number of β-lactam (4-membered cyclic amide) rings is 1. The molecule has 2 aliphatic heterocycles. The number of fused-ring (bicyclic) bond motifs is 2. The summed E-state index contributed by atoms with van der Waals surface area (Å²) < 4.78 is 5.90. The van der Waals surface area contributed by atoms with Gasteiger partial charge in [0.1, 0.15) is 18.1 Å². The predicted octanol–water partition coefficient (Wildman–Crippen LogP) is 5.61. The van der Waals surface area contributed by atoms with Crippen molar-refractivity contribution >= 4 is 51.9 Å². The molecular weight excluding hydrogens is 553 g/mol. The molecule has 0 spiro atoms. The highest BCUT2D eigenvalue weighted by Gasteiger charge is 3.00. The summed E-state index contributed by atoms with van der Waals surface area (Å²) >= 11 is 12.1. The summed E-state index contributed by atoms with van der Waals surface area (Å²) in [4.78, 5) is 44.1. The van der Waals surface area contributed by atoms with Crippen molar-refractivity contribution in [1.29, 1.82) is 0 Å². The third-order valence-corrected chi connectivity index (χ3v) is 7.84. The van der Waals surface area contributed by atoms with E-state index in [1.54, 1.807) is 54.6 Å². The van der Waals surface area contributed by atoms with Gasteiger partial charge in [-0.15, -0.1) is 0 Å². The van der Waals surface area contributed by atoms with E-state index in [-0.39, 0.29) is 17.2 Å². The molecule has 2 atom stereocenters. The number of carboxylic acids is 1. The molecule has 40 heavy (non-hydrogen) atoms. The number of rotatable bonds is 7. The first kappa shape index (κ1) is 26.2. The number of halogens is 2. The second-order valence-electron chi connectivity index (χ2n) is 11.1. The van der Waals surface area contributed by atoms with Gasteiger partial charge in [0.05, 0.1) is 0 Å². The van der Waals surface area contributed by atoms with Gasteiger partial charge in [-0.05, 0) is 68.3 Å². The van der Waals surface area contributed by atoms with Gasteiger partial charge < -0.3 is 20.1 Å². The largest absolute Gasteiger partial charge is 0.489 e. The second kappa shape index (κ2) is 8.74. The van der Waals surface area contributed by atoms with Crippen LogP contribution in [0, 0.1) is 0 Å². The molecule has 0 radical (unpaired) electrons. The zero-order valence-electron chi connectivity index (χ0n) is 21.8. The number of nitrogens with zero attached hydrogens (tertiary/aromatic N) is 1. The molecule has 0 unspecified atom stereocenters. The van der Waals surface area contributed by atoms with Crippen molar-refractivity contribution in [2.24, 2.45) is 0 Å². The zero-order valence-corrected chi connectivity index (χ0v) is 23.4. The molecule has 6 rings (SSSR count). The third kappa shape index (κ3) is 3.70. The van der Waals surface area contributed by atoms with Gasteiger partial charge in [-0.2, -0.15) is 0 Å². The van der Waals surface area contributed by atoms with Crippen LogP contribution in [0.25, 0.3) is 10.9 Å². The van der Waals surface area contributed by atoms with Gasteiger partial charge in [0.25, 0.3) is 11.8 Å². The van der Waals surface area contributed by atoms with Gasteiger partial charge in [-0.3, -0.25) is 14.5 Å². The number of H-pyrrole nitrogens is 1. The van der Waals surface area contributed by atoms with Crippen molar-refractivity contribution in [3.05, 3.63) is 99.2 Å². The number of benzene rings is 3. The Bertz CT molecular complexity index is 1710. The van der Waals surface area contributed by atoms with Crippen molar-refractivity contribution in [1.82, 2.24) is 15.2 Å². The van der Waals surface area contributed by atoms with Crippen LogP contribution in [0.15, 0.2) is 66.7 Å². The van der Waals surface area contributed by atoms with E-state index in [0.29, 0.717) is 38.9 Å². The van der Waals surface area contributed by atoms with Crippen LogP contribution in [0.4, 0.5) is 0 Å². The van der Waals surface area contributed by atoms with E-state index >= 15 is 0 Å². The van der Waals surface area contributed by atoms with Gasteiger partial charge in [-0.1, -0.05) is 53.5 Å². The Morgan fingerprint density at radius 1 is 1.00 bits per heavy atom. The summed E-state index contributed by atoms with van der Waals surface area (Å²) in [6.45, 7) is 5.81. The molecule has 0 saturated carbocycles. The average molecular weight is 578 g/mol. The first-order valence-corrected chi connectivity index (χ1v) is 13.4. The number of amides is 2. The number of aromatic nitrogens is 1. The third-order valence-electron chi connectivity index (χ3n) is 7.35. The minimum atomic E-state index is -1.55. The highest BCUT2D eigenvalue weighted by atomic mass is 35.5. The maximum atomic E-state index is 14.1. The van der Waals surface area contributed by atoms with Crippen LogP contribution in [0.1, 0.15) is 48.0 Å². The predicted molar refractivity (Wildman–Crippen MR) is 151 cm³/mol. The van der Waals surface area contributed by atoms with Crippen molar-refractivity contribution in [3.63, 3.8) is 0 Å². The maximum absolute atomic E-state index is 14.1. The maximum Gasteiger partial charge on any atom is 0.352 e. The molecule has 8 nitrogen and oxygen atoms in total. The Balaban J connectivity index is 1.42. The highest BCUT2D eigenvalue weighted by Crippen LogP contribution is 2.79. The Morgan fingerprint density at radius 2 is 1.65 bits per heavy atom. The Morgan fingerprint density at radius 3 is 2.25 bits per heavy atom. The summed E-state index contributed by atoms with van der Waals surface area (Å²) in [6, 6.07) is 19.2. The molecule has 4 aromatic rings. The summed E-state index contributed by atoms with van der Waals surface area (Å²) in [5, 5.41) is 14.7. The van der Waals surface area contributed by atoms with Gasteiger partial charge >= 0.3 is 5.97 Å². The SMILES string of the molecule is CC(C)(C)NC(=O)[C@@]1(c2c(C(=O)O)[nH]c3cc(Cl)ccc23)N2C(=O)[C@]21c1ccc(OCc2ccc(Cl)cc2)cc1. The number of aromatic amines is 1. The normalized spacial score (nSPS) is 21.2. The molecule has 2 amide bonds. The fourth-order valence-corrected chi connectivity index (χ4v) is 5.95. The number of hydrogen-bond acceptors (Lipinski definition) is 4. The molecule has 0 aliphatic carbocycles. The monoisotopic (exact) mass is 577 g/mol. The molecule has 3 heterocycles. The van der Waals surface area contributed by atoms with Crippen molar-refractivity contribution in [3.8, 4) is 5.75 Å². The van der Waals surface area contributed by atoms with Crippen LogP contribution >= 0.6 is 23.2 Å². The molecule has 2 aliphatic rings. The molecule has 0 bridgehead atoms. The van der Waals surface area contributed by atoms with E-state index in [0.717, 1.165) is 5.56 Å². The summed E-state index contributed by atoms with van der Waals surface area (Å²) in [5.74, 6) is -1.38. The minimum absolute atomic E-state index is 0.163. The molecule has 2 fully saturated rings. The van der Waals surface area contributed by atoms with Gasteiger partial charge in [0.15, 0.2) is 11.1 Å². The van der Waals surface area contributed by atoms with E-state index in [9.17, 15) is 19.5 Å². The van der Waals surface area contributed by atoms with Gasteiger partial charge in [0, 0.05) is 32.1 Å². The molecule has 3 N–H and O–H groups in total. The lowest BCUT2D eigenvalue weighted by atomic mass is 9.78. The van der Waals surface area contributed by atoms with Crippen LogP contribution in [0.2, 0.25) is 10.0 Å². The fourth-order valence-electron chi connectivity index (χ4n) is 5.65. The van der Waals surface area contributed by atoms with E-state index in [2.05, 4.69) is 10.3 Å². The van der Waals surface area contributed by atoms with E-state index in [4.69, 9.17) is 27.9 Å². The van der Waals surface area contributed by atoms with Crippen LogP contribution < -0.4 is 10.1 Å². The average Bonchev–Trinajstić information content (AvgIpc) is 3.68. The Labute approximate surface area is 239 Å². The topological polar surface area (TPSA) is 112 Å². The quantitative estimate of drug-likeness (QED) is 0.195. The number of hydrogen-bond donors (Lipinski definition) is 3. The van der Waals surface area contributed by atoms with E-state index in [1.165, 1.54) is 4.90 Å². The highest BCUT2D eigenvalue weighted by molar-refractivity contribution is 6.32. The molecule has 1 aromatic heterocycles. The standard InChI is InChI=1S/C30H25Cl2N3O5/c1-28(2,3)34-26(38)30(23-21-13-10-19(32)14-22(21)33-24(23)25(36)37)29(27(39)35(29)30)17-6-11-20(12-7-17)40-15-16-4-8-18(31)9-5-16/h4-14,33H,15H2,1-3H3,(H,34,38)(H,36,37)/t29-,30+,35?/m0/s1. The van der Waals surface area contributed by atoms with E-state index in [1.807, 2.05) is 32.9 Å². The van der Waals surface area contributed by atoms with Crippen LogP contribution in [0.3, 0.4) is 0 Å².